The van der Waals surface area contributed by atoms with Crippen LogP contribution in [0.3, 0.4) is 0 Å². The summed E-state index contributed by atoms with van der Waals surface area (Å²) in [4.78, 5) is 6.91. The predicted octanol–water partition coefficient (Wildman–Crippen LogP) is 1.71. The van der Waals surface area contributed by atoms with Crippen LogP contribution < -0.4 is 5.32 Å². The van der Waals surface area contributed by atoms with Crippen molar-refractivity contribution >= 4 is 0 Å². The van der Waals surface area contributed by atoms with E-state index in [2.05, 4.69) is 22.1 Å². The average molecular weight is 251 g/mol. The van der Waals surface area contributed by atoms with Crippen LogP contribution in [0, 0.1) is 5.92 Å². The first-order chi connectivity index (χ1) is 8.81. The molecule has 1 aromatic rings. The number of aromatic nitrogens is 1. The number of rotatable bonds is 7. The van der Waals surface area contributed by atoms with Crippen molar-refractivity contribution in [2.24, 2.45) is 5.92 Å². The third-order valence-corrected chi connectivity index (χ3v) is 3.73. The van der Waals surface area contributed by atoms with E-state index >= 15 is 0 Å². The molecule has 1 atom stereocenters. The SMILES string of the molecule is CCN1CCC(Cc2ncc(CCCNC)o2)C1. The first-order valence-corrected chi connectivity index (χ1v) is 7.12. The minimum Gasteiger partial charge on any atom is -0.446 e. The second-order valence-corrected chi connectivity index (χ2v) is 5.18. The molecule has 1 aliphatic rings. The standard InChI is InChI=1S/C14H25N3O/c1-3-17-8-6-12(11-17)9-14-16-10-13(18-14)5-4-7-15-2/h10,12,15H,3-9,11H2,1-2H3. The van der Waals surface area contributed by atoms with Crippen LogP contribution in [0.15, 0.2) is 10.6 Å². The summed E-state index contributed by atoms with van der Waals surface area (Å²) in [5.41, 5.74) is 0. The molecule has 1 aromatic heterocycles. The number of oxazole rings is 1. The molecule has 0 bridgehead atoms. The largest absolute Gasteiger partial charge is 0.446 e. The van der Waals surface area contributed by atoms with Crippen molar-refractivity contribution in [3.63, 3.8) is 0 Å². The second-order valence-electron chi connectivity index (χ2n) is 5.18. The molecule has 18 heavy (non-hydrogen) atoms. The van der Waals surface area contributed by atoms with E-state index in [1.807, 2.05) is 13.2 Å². The molecule has 0 aromatic carbocycles. The first kappa shape index (κ1) is 13.6. The first-order valence-electron chi connectivity index (χ1n) is 7.12. The van der Waals surface area contributed by atoms with Gasteiger partial charge in [-0.2, -0.15) is 0 Å². The fourth-order valence-electron chi connectivity index (χ4n) is 2.61. The highest BCUT2D eigenvalue weighted by Gasteiger charge is 2.22. The molecule has 0 spiro atoms. The highest BCUT2D eigenvalue weighted by atomic mass is 16.4. The Hall–Kier alpha value is -0.870. The van der Waals surface area contributed by atoms with Crippen molar-refractivity contribution < 1.29 is 4.42 Å². The van der Waals surface area contributed by atoms with Gasteiger partial charge in [0.15, 0.2) is 5.89 Å². The molecule has 0 saturated carbocycles. The fraction of sp³-hybridized carbons (Fsp3) is 0.786. The second kappa shape index (κ2) is 6.90. The summed E-state index contributed by atoms with van der Waals surface area (Å²) in [6.07, 6.45) is 6.28. The third kappa shape index (κ3) is 3.82. The van der Waals surface area contributed by atoms with Crippen molar-refractivity contribution in [2.75, 3.05) is 33.2 Å². The quantitative estimate of drug-likeness (QED) is 0.749. The number of aryl methyl sites for hydroxylation is 1. The van der Waals surface area contributed by atoms with E-state index in [-0.39, 0.29) is 0 Å². The summed E-state index contributed by atoms with van der Waals surface area (Å²) >= 11 is 0. The van der Waals surface area contributed by atoms with E-state index in [0.29, 0.717) is 0 Å². The molecular weight excluding hydrogens is 226 g/mol. The summed E-state index contributed by atoms with van der Waals surface area (Å²) < 4.78 is 5.80. The summed E-state index contributed by atoms with van der Waals surface area (Å²) in [5, 5.41) is 3.15. The van der Waals surface area contributed by atoms with Gasteiger partial charge in [0.1, 0.15) is 5.76 Å². The Balaban J connectivity index is 1.76. The van der Waals surface area contributed by atoms with E-state index < -0.39 is 0 Å². The van der Waals surface area contributed by atoms with E-state index in [9.17, 15) is 0 Å². The highest BCUT2D eigenvalue weighted by Crippen LogP contribution is 2.20. The van der Waals surface area contributed by atoms with Crippen LogP contribution >= 0.6 is 0 Å². The number of nitrogens with one attached hydrogen (secondary N) is 1. The van der Waals surface area contributed by atoms with Crippen LogP contribution in [0.5, 0.6) is 0 Å². The zero-order valence-corrected chi connectivity index (χ0v) is 11.6. The van der Waals surface area contributed by atoms with Crippen LogP contribution in [0.4, 0.5) is 0 Å². The van der Waals surface area contributed by atoms with Crippen molar-refractivity contribution in [2.45, 2.75) is 32.6 Å². The molecule has 0 radical (unpaired) electrons. The smallest absolute Gasteiger partial charge is 0.194 e. The van der Waals surface area contributed by atoms with Gasteiger partial charge < -0.3 is 14.6 Å². The van der Waals surface area contributed by atoms with Gasteiger partial charge in [-0.15, -0.1) is 0 Å². The molecule has 2 rings (SSSR count). The van der Waals surface area contributed by atoms with Gasteiger partial charge in [-0.05, 0) is 45.4 Å². The van der Waals surface area contributed by atoms with Gasteiger partial charge in [0.25, 0.3) is 0 Å². The zero-order chi connectivity index (χ0) is 12.8. The summed E-state index contributed by atoms with van der Waals surface area (Å²) in [6, 6.07) is 0. The number of hydrogen-bond donors (Lipinski definition) is 1. The maximum Gasteiger partial charge on any atom is 0.194 e. The summed E-state index contributed by atoms with van der Waals surface area (Å²) in [6.45, 7) is 6.86. The highest BCUT2D eigenvalue weighted by molar-refractivity contribution is 4.96. The van der Waals surface area contributed by atoms with Gasteiger partial charge in [-0.25, -0.2) is 4.98 Å². The molecule has 1 saturated heterocycles. The maximum atomic E-state index is 5.80. The van der Waals surface area contributed by atoms with E-state index in [1.54, 1.807) is 0 Å². The topological polar surface area (TPSA) is 41.3 Å². The summed E-state index contributed by atoms with van der Waals surface area (Å²) in [5.74, 6) is 2.69. The third-order valence-electron chi connectivity index (χ3n) is 3.73. The average Bonchev–Trinajstić information content (AvgIpc) is 3.00. The Kier molecular flexibility index (Phi) is 5.20. The van der Waals surface area contributed by atoms with Crippen LogP contribution in [0.2, 0.25) is 0 Å². The minimum absolute atomic E-state index is 0.730. The number of likely N-dealkylation sites (tertiary alicyclic amines) is 1. The maximum absolute atomic E-state index is 5.80. The van der Waals surface area contributed by atoms with Crippen molar-refractivity contribution in [1.82, 2.24) is 15.2 Å². The number of nitrogens with zero attached hydrogens (tertiary/aromatic N) is 2. The molecule has 1 unspecified atom stereocenters. The molecule has 1 fully saturated rings. The van der Waals surface area contributed by atoms with Crippen LogP contribution in [-0.4, -0.2) is 43.1 Å². The molecule has 0 amide bonds. The van der Waals surface area contributed by atoms with E-state index in [1.165, 1.54) is 19.5 Å². The Morgan fingerprint density at radius 3 is 3.17 bits per heavy atom. The van der Waals surface area contributed by atoms with Crippen LogP contribution in [0.25, 0.3) is 0 Å². The van der Waals surface area contributed by atoms with E-state index in [4.69, 9.17) is 4.42 Å². The monoisotopic (exact) mass is 251 g/mol. The van der Waals surface area contributed by atoms with Crippen molar-refractivity contribution in [3.8, 4) is 0 Å². The lowest BCUT2D eigenvalue weighted by molar-refractivity contribution is 0.333. The van der Waals surface area contributed by atoms with Gasteiger partial charge >= 0.3 is 0 Å². The summed E-state index contributed by atoms with van der Waals surface area (Å²) in [7, 11) is 1.98. The molecule has 4 heteroatoms. The molecular formula is C14H25N3O. The number of hydrogen-bond acceptors (Lipinski definition) is 4. The van der Waals surface area contributed by atoms with Gasteiger partial charge in [0, 0.05) is 19.4 Å². The lowest BCUT2D eigenvalue weighted by Gasteiger charge is -2.11. The predicted molar refractivity (Wildman–Crippen MR) is 72.7 cm³/mol. The Morgan fingerprint density at radius 2 is 2.44 bits per heavy atom. The fourth-order valence-corrected chi connectivity index (χ4v) is 2.61. The molecule has 4 nitrogen and oxygen atoms in total. The van der Waals surface area contributed by atoms with Gasteiger partial charge in [-0.1, -0.05) is 6.92 Å². The van der Waals surface area contributed by atoms with Crippen LogP contribution in [-0.2, 0) is 12.8 Å². The minimum atomic E-state index is 0.730. The normalized spacial score (nSPS) is 20.7. The Bertz CT molecular complexity index is 351. The Morgan fingerprint density at radius 1 is 1.56 bits per heavy atom. The molecule has 102 valence electrons. The lowest BCUT2D eigenvalue weighted by atomic mass is 10.1. The lowest BCUT2D eigenvalue weighted by Crippen LogP contribution is -2.20. The van der Waals surface area contributed by atoms with Gasteiger partial charge in [0.2, 0.25) is 0 Å². The van der Waals surface area contributed by atoms with E-state index in [0.717, 1.165) is 49.9 Å². The zero-order valence-electron chi connectivity index (χ0n) is 11.6. The Labute approximate surface area is 110 Å². The van der Waals surface area contributed by atoms with Crippen LogP contribution in [0.1, 0.15) is 31.4 Å². The van der Waals surface area contributed by atoms with Gasteiger partial charge in [0.05, 0.1) is 6.20 Å². The van der Waals surface area contributed by atoms with Crippen molar-refractivity contribution in [1.29, 1.82) is 0 Å². The molecule has 1 N–H and O–H groups in total. The molecule has 2 heterocycles. The van der Waals surface area contributed by atoms with Gasteiger partial charge in [-0.3, -0.25) is 0 Å². The van der Waals surface area contributed by atoms with Crippen molar-refractivity contribution in [3.05, 3.63) is 17.8 Å². The molecule has 1 aliphatic heterocycles. The molecule has 0 aliphatic carbocycles.